The summed E-state index contributed by atoms with van der Waals surface area (Å²) in [5, 5.41) is 23.7. The van der Waals surface area contributed by atoms with Gasteiger partial charge in [0.05, 0.1) is 13.3 Å². The molecule has 4 rings (SSSR count). The van der Waals surface area contributed by atoms with Crippen LogP contribution in [0.15, 0.2) is 48.5 Å². The maximum atomic E-state index is 8.54. The number of benzene rings is 2. The molecule has 1 unspecified atom stereocenters. The van der Waals surface area contributed by atoms with Gasteiger partial charge in [-0.1, -0.05) is 97.7 Å². The van der Waals surface area contributed by atoms with Crippen LogP contribution in [0.1, 0.15) is 60.4 Å². The Morgan fingerprint density at radius 2 is 1.67 bits per heavy atom. The Kier molecular flexibility index (Phi) is 14.2. The van der Waals surface area contributed by atoms with Gasteiger partial charge in [0.1, 0.15) is 0 Å². The van der Waals surface area contributed by atoms with Gasteiger partial charge in [-0.25, -0.2) is 0 Å². The molecule has 3 N–H and O–H groups in total. The molecule has 1 heterocycles. The van der Waals surface area contributed by atoms with Crippen LogP contribution in [0.3, 0.4) is 0 Å². The summed E-state index contributed by atoms with van der Waals surface area (Å²) in [6.45, 7) is 3.44. The Hall–Kier alpha value is -1.03. The fraction of sp³-hybridized carbons (Fsp3) is 0.520. The van der Waals surface area contributed by atoms with Crippen LogP contribution in [-0.4, -0.2) is 30.5 Å². The van der Waals surface area contributed by atoms with Gasteiger partial charge in [0.15, 0.2) is 0 Å². The number of fused-ring (bicyclic) bond motifs is 1. The van der Waals surface area contributed by atoms with Gasteiger partial charge in [0, 0.05) is 21.1 Å². The predicted molar refractivity (Wildman–Crippen MR) is 121 cm³/mol. The number of hydrogen-bond acceptors (Lipinski definition) is 3. The standard InChI is InChI=1S/C16H22N.C7H8O.C2H7NO.W/c1-12-7-8-15-14(11-12)9-10-17-16(15)13-5-3-2-4-6-13;8-6-7-4-2-1-3-5-7;1-3-2-4;/h7-8,11,13,16H,2-6,9-10H2,1H3;1-5,8H,6H2;3-4H,2H2,1H3;/q-1;;;. The number of aliphatic hydroxyl groups is 2. The first-order chi connectivity index (χ1) is 14.2. The predicted octanol–water partition coefficient (Wildman–Crippen LogP) is 4.88. The zero-order chi connectivity index (χ0) is 20.9. The zero-order valence-electron chi connectivity index (χ0n) is 18.4. The van der Waals surface area contributed by atoms with E-state index in [1.54, 1.807) is 12.6 Å². The molecule has 1 aliphatic carbocycles. The van der Waals surface area contributed by atoms with E-state index in [0.717, 1.165) is 24.4 Å². The van der Waals surface area contributed by atoms with E-state index >= 15 is 0 Å². The smallest absolute Gasteiger partial charge is 0.0929 e. The second kappa shape index (κ2) is 15.7. The monoisotopic (exact) mass is 581 g/mol. The number of nitrogens with one attached hydrogen (secondary N) is 1. The minimum atomic E-state index is 0. The van der Waals surface area contributed by atoms with Crippen molar-refractivity contribution < 1.29 is 31.3 Å². The van der Waals surface area contributed by atoms with Crippen molar-refractivity contribution >= 4 is 0 Å². The van der Waals surface area contributed by atoms with Crippen LogP contribution < -0.4 is 5.32 Å². The van der Waals surface area contributed by atoms with Crippen molar-refractivity contribution in [3.63, 3.8) is 0 Å². The molecular weight excluding hydrogens is 544 g/mol. The molecule has 2 aliphatic rings. The van der Waals surface area contributed by atoms with Crippen LogP contribution in [0.5, 0.6) is 0 Å². The van der Waals surface area contributed by atoms with Crippen molar-refractivity contribution in [3.05, 3.63) is 76.1 Å². The van der Waals surface area contributed by atoms with E-state index in [2.05, 4.69) is 30.4 Å². The fourth-order valence-electron chi connectivity index (χ4n) is 4.10. The summed E-state index contributed by atoms with van der Waals surface area (Å²) in [5.74, 6) is 0.825. The van der Waals surface area contributed by atoms with Crippen LogP contribution in [0, 0.1) is 12.8 Å². The van der Waals surface area contributed by atoms with Gasteiger partial charge in [-0.2, -0.15) is 0 Å². The molecule has 2 aromatic carbocycles. The first-order valence-corrected chi connectivity index (χ1v) is 10.9. The third kappa shape index (κ3) is 8.99. The molecule has 2 aromatic rings. The fourth-order valence-corrected chi connectivity index (χ4v) is 4.10. The van der Waals surface area contributed by atoms with Crippen LogP contribution >= 0.6 is 0 Å². The molecule has 0 amide bonds. The van der Waals surface area contributed by atoms with Gasteiger partial charge in [-0.3, -0.25) is 5.32 Å². The molecule has 1 atom stereocenters. The first-order valence-electron chi connectivity index (χ1n) is 10.9. The first kappa shape index (κ1) is 27.0. The second-order valence-electron chi connectivity index (χ2n) is 7.86. The van der Waals surface area contributed by atoms with Crippen LogP contribution in [0.25, 0.3) is 5.32 Å². The summed E-state index contributed by atoms with van der Waals surface area (Å²) in [6, 6.07) is 17.0. The van der Waals surface area contributed by atoms with E-state index in [4.69, 9.17) is 15.5 Å². The van der Waals surface area contributed by atoms with Crippen molar-refractivity contribution in [2.45, 2.75) is 58.1 Å². The number of aryl methyl sites for hydroxylation is 1. The number of hydrogen-bond donors (Lipinski definition) is 3. The van der Waals surface area contributed by atoms with Crippen LogP contribution in [-0.2, 0) is 34.1 Å². The molecule has 1 aliphatic heterocycles. The third-order valence-corrected chi connectivity index (χ3v) is 5.60. The van der Waals surface area contributed by atoms with E-state index < -0.39 is 0 Å². The Labute approximate surface area is 196 Å². The Morgan fingerprint density at radius 1 is 1.00 bits per heavy atom. The maximum Gasteiger partial charge on any atom is 0.0929 e. The average molecular weight is 581 g/mol. The molecule has 166 valence electrons. The Bertz CT molecular complexity index is 689. The van der Waals surface area contributed by atoms with E-state index in [-0.39, 0.29) is 34.4 Å². The van der Waals surface area contributed by atoms with Crippen LogP contribution in [0.2, 0.25) is 0 Å². The zero-order valence-corrected chi connectivity index (χ0v) is 21.3. The summed E-state index contributed by atoms with van der Waals surface area (Å²) in [4.78, 5) is 0. The van der Waals surface area contributed by atoms with Gasteiger partial charge in [-0.15, -0.1) is 12.6 Å². The minimum Gasteiger partial charge on any atom is -0.655 e. The maximum absolute atomic E-state index is 8.54. The van der Waals surface area contributed by atoms with E-state index in [0.29, 0.717) is 6.04 Å². The summed E-state index contributed by atoms with van der Waals surface area (Å²) >= 11 is 0. The van der Waals surface area contributed by atoms with E-state index in [9.17, 15) is 0 Å². The number of rotatable bonds is 3. The molecule has 0 bridgehead atoms. The topological polar surface area (TPSA) is 66.6 Å². The molecule has 0 radical (unpaired) electrons. The quantitative estimate of drug-likeness (QED) is 0.453. The van der Waals surface area contributed by atoms with Crippen molar-refractivity contribution in [3.8, 4) is 0 Å². The largest absolute Gasteiger partial charge is 0.655 e. The SMILES string of the molecule is CNCO.Cc1ccc2c(c1)CC[N-]C2C1CCCCC1.OCc1ccccc1.[W]. The Balaban J connectivity index is 0.000000291. The van der Waals surface area contributed by atoms with Crippen molar-refractivity contribution in [2.24, 2.45) is 5.92 Å². The number of aliphatic hydroxyl groups excluding tert-OH is 2. The summed E-state index contributed by atoms with van der Waals surface area (Å²) in [7, 11) is 1.68. The van der Waals surface area contributed by atoms with Gasteiger partial charge in [-0.05, 0) is 31.5 Å². The summed E-state index contributed by atoms with van der Waals surface area (Å²) in [6.07, 6.45) is 8.20. The molecule has 4 nitrogen and oxygen atoms in total. The molecule has 5 heteroatoms. The third-order valence-electron chi connectivity index (χ3n) is 5.60. The van der Waals surface area contributed by atoms with E-state index in [1.165, 1.54) is 43.2 Å². The van der Waals surface area contributed by atoms with Gasteiger partial charge in [0.2, 0.25) is 0 Å². The number of nitrogens with zero attached hydrogens (tertiary/aromatic N) is 1. The second-order valence-corrected chi connectivity index (χ2v) is 7.86. The normalized spacial score (nSPS) is 17.9. The van der Waals surface area contributed by atoms with Gasteiger partial charge in [0.25, 0.3) is 0 Å². The molecule has 1 saturated carbocycles. The molecule has 1 fully saturated rings. The molecule has 0 aromatic heterocycles. The summed E-state index contributed by atoms with van der Waals surface area (Å²) < 4.78 is 0. The molecule has 0 saturated heterocycles. The molecular formula is C25H37N2O2W-. The van der Waals surface area contributed by atoms with E-state index in [1.807, 2.05) is 30.3 Å². The van der Waals surface area contributed by atoms with Crippen LogP contribution in [0.4, 0.5) is 0 Å². The molecule has 0 spiro atoms. The van der Waals surface area contributed by atoms with Crippen molar-refractivity contribution in [1.82, 2.24) is 5.32 Å². The Morgan fingerprint density at radius 3 is 2.23 bits per heavy atom. The minimum absolute atomic E-state index is 0. The summed E-state index contributed by atoms with van der Waals surface area (Å²) in [5.41, 5.74) is 5.46. The molecule has 30 heavy (non-hydrogen) atoms. The average Bonchev–Trinajstić information content (AvgIpc) is 2.80. The van der Waals surface area contributed by atoms with Gasteiger partial charge >= 0.3 is 0 Å². The van der Waals surface area contributed by atoms with Crippen molar-refractivity contribution in [1.29, 1.82) is 0 Å². The van der Waals surface area contributed by atoms with Crippen molar-refractivity contribution in [2.75, 3.05) is 20.3 Å². The van der Waals surface area contributed by atoms with Gasteiger partial charge < -0.3 is 15.5 Å².